The molecule has 1 N–H and O–H groups in total. The Morgan fingerprint density at radius 2 is 1.96 bits per heavy atom. The van der Waals surface area contributed by atoms with Crippen molar-refractivity contribution in [3.63, 3.8) is 0 Å². The first-order valence-corrected chi connectivity index (χ1v) is 9.42. The van der Waals surface area contributed by atoms with E-state index in [1.165, 1.54) is 0 Å². The Balaban J connectivity index is 1.54. The van der Waals surface area contributed by atoms with E-state index in [2.05, 4.69) is 15.4 Å². The highest BCUT2D eigenvalue weighted by molar-refractivity contribution is 5.75. The number of methoxy groups -OCH3 is 2. The fraction of sp³-hybridized carbons (Fsp3) is 0.500. The number of aromatic nitrogens is 1. The minimum Gasteiger partial charge on any atom is -0.497 e. The van der Waals surface area contributed by atoms with Gasteiger partial charge in [-0.1, -0.05) is 5.16 Å². The third-order valence-electron chi connectivity index (χ3n) is 4.96. The van der Waals surface area contributed by atoms with Gasteiger partial charge in [0.05, 0.1) is 32.5 Å². The van der Waals surface area contributed by atoms with Gasteiger partial charge in [0.15, 0.2) is 5.76 Å². The highest BCUT2D eigenvalue weighted by atomic mass is 16.5. The quantitative estimate of drug-likeness (QED) is 0.819. The molecule has 2 heterocycles. The van der Waals surface area contributed by atoms with Gasteiger partial charge >= 0.3 is 6.03 Å². The maximum absolute atomic E-state index is 12.7. The summed E-state index contributed by atoms with van der Waals surface area (Å²) in [5, 5.41) is 6.98. The lowest BCUT2D eigenvalue weighted by Gasteiger charge is -2.34. The molecule has 8 nitrogen and oxygen atoms in total. The van der Waals surface area contributed by atoms with Gasteiger partial charge in [-0.2, -0.15) is 0 Å². The van der Waals surface area contributed by atoms with Gasteiger partial charge in [-0.05, 0) is 32.0 Å². The third-order valence-corrected chi connectivity index (χ3v) is 4.96. The molecule has 1 aromatic heterocycles. The predicted octanol–water partition coefficient (Wildman–Crippen LogP) is 2.59. The van der Waals surface area contributed by atoms with E-state index in [4.69, 9.17) is 14.0 Å². The van der Waals surface area contributed by atoms with Crippen LogP contribution in [0, 0.1) is 6.92 Å². The van der Waals surface area contributed by atoms with Crippen molar-refractivity contribution in [1.82, 2.24) is 20.3 Å². The van der Waals surface area contributed by atoms with Crippen molar-refractivity contribution in [2.24, 2.45) is 0 Å². The van der Waals surface area contributed by atoms with E-state index in [1.807, 2.05) is 43.0 Å². The number of nitrogens with zero attached hydrogens (tertiary/aromatic N) is 3. The molecule has 0 bridgehead atoms. The number of carbonyl (C=O) groups excluding carboxylic acids is 1. The normalized spacial score (nSPS) is 15.9. The number of hydrogen-bond acceptors (Lipinski definition) is 6. The first kappa shape index (κ1) is 20.0. The van der Waals surface area contributed by atoms with E-state index in [9.17, 15) is 4.79 Å². The van der Waals surface area contributed by atoms with Gasteiger partial charge in [0.1, 0.15) is 11.5 Å². The molecular weight excluding hydrogens is 360 g/mol. The standard InChI is InChI=1S/C20H28N4O4/c1-14-11-17(28-22-14)13-23-7-9-24(10-8-23)20(25)21-15(2)18-12-16(26-3)5-6-19(18)27-4/h5-6,11-12,15H,7-10,13H2,1-4H3,(H,21,25). The molecule has 1 aromatic carbocycles. The van der Waals surface area contributed by atoms with Gasteiger partial charge in [-0.3, -0.25) is 4.90 Å². The number of aryl methyl sites for hydroxylation is 1. The molecule has 1 aliphatic heterocycles. The van der Waals surface area contributed by atoms with Crippen molar-refractivity contribution in [2.75, 3.05) is 40.4 Å². The van der Waals surface area contributed by atoms with E-state index >= 15 is 0 Å². The average molecular weight is 388 g/mol. The molecule has 2 aromatic rings. The summed E-state index contributed by atoms with van der Waals surface area (Å²) in [5.74, 6) is 2.31. The second-order valence-corrected chi connectivity index (χ2v) is 6.98. The molecule has 0 spiro atoms. The summed E-state index contributed by atoms with van der Waals surface area (Å²) in [5.41, 5.74) is 1.77. The molecule has 1 unspecified atom stereocenters. The Bertz CT molecular complexity index is 799. The van der Waals surface area contributed by atoms with E-state index in [0.717, 1.165) is 41.6 Å². The second-order valence-electron chi connectivity index (χ2n) is 6.98. The fourth-order valence-electron chi connectivity index (χ4n) is 3.35. The highest BCUT2D eigenvalue weighted by Gasteiger charge is 2.24. The third kappa shape index (κ3) is 4.75. The van der Waals surface area contributed by atoms with Crippen LogP contribution in [0.25, 0.3) is 0 Å². The van der Waals surface area contributed by atoms with Crippen molar-refractivity contribution < 1.29 is 18.8 Å². The number of urea groups is 1. The second kappa shape index (κ2) is 8.97. The molecule has 1 aliphatic rings. The Kier molecular flexibility index (Phi) is 6.41. The maximum Gasteiger partial charge on any atom is 0.317 e. The van der Waals surface area contributed by atoms with Gasteiger partial charge in [0.25, 0.3) is 0 Å². The molecule has 0 aliphatic carbocycles. The summed E-state index contributed by atoms with van der Waals surface area (Å²) in [6.07, 6.45) is 0. The van der Waals surface area contributed by atoms with E-state index in [0.29, 0.717) is 19.6 Å². The Morgan fingerprint density at radius 1 is 1.21 bits per heavy atom. The topological polar surface area (TPSA) is 80.1 Å². The number of hydrogen-bond donors (Lipinski definition) is 1. The monoisotopic (exact) mass is 388 g/mol. The summed E-state index contributed by atoms with van der Waals surface area (Å²) in [4.78, 5) is 16.8. The largest absolute Gasteiger partial charge is 0.497 e. The van der Waals surface area contributed by atoms with E-state index in [1.54, 1.807) is 14.2 Å². The van der Waals surface area contributed by atoms with Gasteiger partial charge in [-0.15, -0.1) is 0 Å². The van der Waals surface area contributed by atoms with Crippen LogP contribution in [0.5, 0.6) is 11.5 Å². The molecule has 28 heavy (non-hydrogen) atoms. The van der Waals surface area contributed by atoms with Crippen LogP contribution in [-0.2, 0) is 6.54 Å². The van der Waals surface area contributed by atoms with Crippen LogP contribution < -0.4 is 14.8 Å². The Labute approximate surface area is 165 Å². The minimum absolute atomic E-state index is 0.0764. The summed E-state index contributed by atoms with van der Waals surface area (Å²) in [6, 6.07) is 7.25. The number of piperazine rings is 1. The molecule has 0 radical (unpaired) electrons. The van der Waals surface area contributed by atoms with Crippen molar-refractivity contribution in [3.8, 4) is 11.5 Å². The van der Waals surface area contributed by atoms with Gasteiger partial charge in [0, 0.05) is 37.8 Å². The number of benzene rings is 1. The van der Waals surface area contributed by atoms with Crippen LogP contribution in [0.1, 0.15) is 30.0 Å². The number of nitrogens with one attached hydrogen (secondary N) is 1. The number of amides is 2. The zero-order valence-electron chi connectivity index (χ0n) is 16.9. The van der Waals surface area contributed by atoms with Crippen molar-refractivity contribution in [2.45, 2.75) is 26.4 Å². The molecule has 1 saturated heterocycles. The lowest BCUT2D eigenvalue weighted by atomic mass is 10.1. The average Bonchev–Trinajstić information content (AvgIpc) is 3.12. The Hall–Kier alpha value is -2.74. The zero-order valence-corrected chi connectivity index (χ0v) is 16.9. The van der Waals surface area contributed by atoms with E-state index in [-0.39, 0.29) is 12.1 Å². The summed E-state index contributed by atoms with van der Waals surface area (Å²) < 4.78 is 16.0. The van der Waals surface area contributed by atoms with Crippen LogP contribution in [0.15, 0.2) is 28.8 Å². The van der Waals surface area contributed by atoms with Crippen molar-refractivity contribution in [1.29, 1.82) is 0 Å². The maximum atomic E-state index is 12.7. The van der Waals surface area contributed by atoms with Crippen molar-refractivity contribution >= 4 is 6.03 Å². The molecule has 152 valence electrons. The first-order chi connectivity index (χ1) is 13.5. The lowest BCUT2D eigenvalue weighted by Crippen LogP contribution is -2.51. The van der Waals surface area contributed by atoms with Crippen LogP contribution in [0.4, 0.5) is 4.79 Å². The van der Waals surface area contributed by atoms with Crippen LogP contribution in [-0.4, -0.2) is 61.4 Å². The molecular formula is C20H28N4O4. The zero-order chi connectivity index (χ0) is 20.1. The lowest BCUT2D eigenvalue weighted by molar-refractivity contribution is 0.126. The SMILES string of the molecule is COc1ccc(OC)c(C(C)NC(=O)N2CCN(Cc3cc(C)no3)CC2)c1. The molecule has 1 fully saturated rings. The number of carbonyl (C=O) groups is 1. The van der Waals surface area contributed by atoms with E-state index < -0.39 is 0 Å². The molecule has 0 saturated carbocycles. The minimum atomic E-state index is -0.201. The van der Waals surface area contributed by atoms with Gasteiger partial charge in [-0.25, -0.2) is 4.79 Å². The first-order valence-electron chi connectivity index (χ1n) is 9.42. The molecule has 8 heteroatoms. The van der Waals surface area contributed by atoms with Gasteiger partial charge in [0.2, 0.25) is 0 Å². The predicted molar refractivity (Wildman–Crippen MR) is 105 cm³/mol. The summed E-state index contributed by atoms with van der Waals surface area (Å²) >= 11 is 0. The van der Waals surface area contributed by atoms with Crippen LogP contribution in [0.2, 0.25) is 0 Å². The fourth-order valence-corrected chi connectivity index (χ4v) is 3.35. The molecule has 3 rings (SSSR count). The summed E-state index contributed by atoms with van der Waals surface area (Å²) in [6.45, 7) is 7.50. The van der Waals surface area contributed by atoms with Crippen LogP contribution in [0.3, 0.4) is 0 Å². The van der Waals surface area contributed by atoms with Crippen molar-refractivity contribution in [3.05, 3.63) is 41.3 Å². The Morgan fingerprint density at radius 3 is 2.57 bits per heavy atom. The summed E-state index contributed by atoms with van der Waals surface area (Å²) in [7, 11) is 3.24. The number of rotatable bonds is 6. The van der Waals surface area contributed by atoms with Gasteiger partial charge < -0.3 is 24.2 Å². The highest BCUT2D eigenvalue weighted by Crippen LogP contribution is 2.29. The molecule has 1 atom stereocenters. The van der Waals surface area contributed by atoms with Crippen LogP contribution >= 0.6 is 0 Å². The number of ether oxygens (including phenoxy) is 2. The smallest absolute Gasteiger partial charge is 0.317 e. The molecule has 2 amide bonds.